The number of anilines is 1. The Morgan fingerprint density at radius 1 is 1.21 bits per heavy atom. The summed E-state index contributed by atoms with van der Waals surface area (Å²) in [6.07, 6.45) is 0.164. The van der Waals surface area contributed by atoms with Crippen LogP contribution in [0.2, 0.25) is 0 Å². The maximum Gasteiger partial charge on any atom is 0.311 e. The molecule has 0 N–H and O–H groups in total. The average molecular weight is 378 g/mol. The second kappa shape index (κ2) is 7.11. The van der Waals surface area contributed by atoms with Crippen molar-refractivity contribution in [2.75, 3.05) is 18.6 Å². The Hall–Kier alpha value is -3.15. The van der Waals surface area contributed by atoms with E-state index < -0.39 is 5.92 Å². The molecule has 0 bridgehead atoms. The average Bonchev–Trinajstić information content (AvgIpc) is 3.30. The third kappa shape index (κ3) is 3.26. The molecular formula is C22H22N2O4. The van der Waals surface area contributed by atoms with Crippen LogP contribution in [-0.2, 0) is 14.3 Å². The molecular weight excluding hydrogens is 356 g/mol. The smallest absolute Gasteiger partial charge is 0.311 e. The summed E-state index contributed by atoms with van der Waals surface area (Å²) in [5, 5.41) is 0. The molecule has 2 aromatic carbocycles. The largest absolute Gasteiger partial charge is 0.469 e. The molecule has 0 unspecified atom stereocenters. The molecule has 6 heteroatoms. The fourth-order valence-corrected chi connectivity index (χ4v) is 3.50. The predicted octanol–water partition coefficient (Wildman–Crippen LogP) is 4.14. The Bertz CT molecular complexity index is 1040. The first-order valence-electron chi connectivity index (χ1n) is 9.35. The van der Waals surface area contributed by atoms with Crippen LogP contribution in [0.3, 0.4) is 0 Å². The third-order valence-corrected chi connectivity index (χ3v) is 5.17. The summed E-state index contributed by atoms with van der Waals surface area (Å²) in [5.74, 6) is 0.128. The van der Waals surface area contributed by atoms with Gasteiger partial charge in [0.2, 0.25) is 11.8 Å². The van der Waals surface area contributed by atoms with Gasteiger partial charge in [0.15, 0.2) is 5.58 Å². The molecule has 3 aromatic rings. The molecule has 0 radical (unpaired) electrons. The molecule has 144 valence electrons. The van der Waals surface area contributed by atoms with Crippen LogP contribution in [0.25, 0.3) is 22.6 Å². The highest BCUT2D eigenvalue weighted by molar-refractivity contribution is 6.00. The van der Waals surface area contributed by atoms with Crippen molar-refractivity contribution in [2.45, 2.75) is 26.2 Å². The van der Waals surface area contributed by atoms with Gasteiger partial charge in [0.05, 0.1) is 13.0 Å². The van der Waals surface area contributed by atoms with Crippen LogP contribution in [0, 0.1) is 5.92 Å². The number of esters is 1. The molecule has 1 amide bonds. The summed E-state index contributed by atoms with van der Waals surface area (Å²) >= 11 is 0. The zero-order valence-electron chi connectivity index (χ0n) is 16.1. The normalized spacial score (nSPS) is 16.9. The molecule has 28 heavy (non-hydrogen) atoms. The van der Waals surface area contributed by atoms with E-state index in [-0.39, 0.29) is 18.3 Å². The van der Waals surface area contributed by atoms with Crippen molar-refractivity contribution in [2.24, 2.45) is 5.92 Å². The number of rotatable bonds is 4. The minimum Gasteiger partial charge on any atom is -0.469 e. The van der Waals surface area contributed by atoms with E-state index in [4.69, 9.17) is 9.15 Å². The summed E-state index contributed by atoms with van der Waals surface area (Å²) < 4.78 is 10.7. The predicted molar refractivity (Wildman–Crippen MR) is 106 cm³/mol. The van der Waals surface area contributed by atoms with E-state index in [1.807, 2.05) is 30.3 Å². The minimum absolute atomic E-state index is 0.0947. The van der Waals surface area contributed by atoms with Gasteiger partial charge in [-0.15, -0.1) is 0 Å². The van der Waals surface area contributed by atoms with E-state index >= 15 is 0 Å². The van der Waals surface area contributed by atoms with Gasteiger partial charge in [-0.3, -0.25) is 9.59 Å². The lowest BCUT2D eigenvalue weighted by Crippen LogP contribution is -2.26. The van der Waals surface area contributed by atoms with Crippen molar-refractivity contribution in [3.8, 4) is 11.5 Å². The molecule has 1 aliphatic heterocycles. The van der Waals surface area contributed by atoms with Crippen molar-refractivity contribution in [3.63, 3.8) is 0 Å². The standard InChI is InChI=1S/C22H22N2O4/c1-13(2)14-4-6-15(7-5-14)21-23-18-11-17(8-9-19(18)28-21)24-12-16(10-20(24)25)22(26)27-3/h4-9,11,13,16H,10,12H2,1-3H3/t16-/m1/s1. The Labute approximate surface area is 163 Å². The Morgan fingerprint density at radius 3 is 2.64 bits per heavy atom. The first-order valence-corrected chi connectivity index (χ1v) is 9.35. The van der Waals surface area contributed by atoms with Crippen molar-refractivity contribution in [3.05, 3.63) is 48.0 Å². The Balaban J connectivity index is 1.62. The first kappa shape index (κ1) is 18.2. The Kier molecular flexibility index (Phi) is 4.63. The number of methoxy groups -OCH3 is 1. The van der Waals surface area contributed by atoms with Gasteiger partial charge in [-0.25, -0.2) is 4.98 Å². The second-order valence-electron chi connectivity index (χ2n) is 7.38. The summed E-state index contributed by atoms with van der Waals surface area (Å²) in [7, 11) is 1.34. The van der Waals surface area contributed by atoms with Gasteiger partial charge in [0.1, 0.15) is 5.52 Å². The molecule has 4 rings (SSSR count). The molecule has 1 atom stereocenters. The summed E-state index contributed by atoms with van der Waals surface area (Å²) in [4.78, 5) is 30.3. The number of amides is 1. The van der Waals surface area contributed by atoms with E-state index in [0.717, 1.165) is 5.56 Å². The van der Waals surface area contributed by atoms with Crippen LogP contribution >= 0.6 is 0 Å². The van der Waals surface area contributed by atoms with E-state index in [9.17, 15) is 9.59 Å². The molecule has 1 aliphatic rings. The van der Waals surface area contributed by atoms with E-state index in [1.54, 1.807) is 4.90 Å². The molecule has 0 spiro atoms. The number of fused-ring (bicyclic) bond motifs is 1. The van der Waals surface area contributed by atoms with Crippen LogP contribution in [0.15, 0.2) is 46.9 Å². The van der Waals surface area contributed by atoms with Gasteiger partial charge in [-0.1, -0.05) is 26.0 Å². The molecule has 0 saturated carbocycles. The van der Waals surface area contributed by atoms with Gasteiger partial charge >= 0.3 is 5.97 Å². The van der Waals surface area contributed by atoms with Crippen molar-refractivity contribution >= 4 is 28.7 Å². The SMILES string of the molecule is COC(=O)[C@@H]1CC(=O)N(c2ccc3oc(-c4ccc(C(C)C)cc4)nc3c2)C1. The molecule has 1 aromatic heterocycles. The topological polar surface area (TPSA) is 72.6 Å². The molecule has 6 nitrogen and oxygen atoms in total. The molecule has 1 fully saturated rings. The van der Waals surface area contributed by atoms with Crippen LogP contribution in [0.4, 0.5) is 5.69 Å². The highest BCUT2D eigenvalue weighted by atomic mass is 16.5. The zero-order valence-corrected chi connectivity index (χ0v) is 16.1. The fraction of sp³-hybridized carbons (Fsp3) is 0.318. The Morgan fingerprint density at radius 2 is 1.96 bits per heavy atom. The first-order chi connectivity index (χ1) is 13.5. The number of ether oxygens (including phenoxy) is 1. The highest BCUT2D eigenvalue weighted by Crippen LogP contribution is 2.31. The number of hydrogen-bond acceptors (Lipinski definition) is 5. The summed E-state index contributed by atoms with van der Waals surface area (Å²) in [6, 6.07) is 13.6. The number of aromatic nitrogens is 1. The molecule has 0 aliphatic carbocycles. The highest BCUT2D eigenvalue weighted by Gasteiger charge is 2.36. The van der Waals surface area contributed by atoms with Crippen LogP contribution in [0.5, 0.6) is 0 Å². The van der Waals surface area contributed by atoms with Crippen molar-refractivity contribution in [1.82, 2.24) is 4.98 Å². The van der Waals surface area contributed by atoms with Gasteiger partial charge in [0, 0.05) is 24.2 Å². The van der Waals surface area contributed by atoms with Gasteiger partial charge in [-0.05, 0) is 41.8 Å². The lowest BCUT2D eigenvalue weighted by atomic mass is 10.0. The lowest BCUT2D eigenvalue weighted by molar-refractivity contribution is -0.145. The summed E-state index contributed by atoms with van der Waals surface area (Å²) in [6.45, 7) is 4.62. The van der Waals surface area contributed by atoms with Gasteiger partial charge < -0.3 is 14.1 Å². The lowest BCUT2D eigenvalue weighted by Gasteiger charge is -2.16. The second-order valence-corrected chi connectivity index (χ2v) is 7.38. The molecule has 1 saturated heterocycles. The number of carbonyl (C=O) groups is 2. The quantitative estimate of drug-likeness (QED) is 0.638. The van der Waals surface area contributed by atoms with E-state index in [0.29, 0.717) is 35.1 Å². The maximum atomic E-state index is 12.3. The maximum absolute atomic E-state index is 12.3. The molecule has 2 heterocycles. The van der Waals surface area contributed by atoms with E-state index in [1.165, 1.54) is 12.7 Å². The number of nitrogens with zero attached hydrogens (tertiary/aromatic N) is 2. The number of benzene rings is 2. The summed E-state index contributed by atoms with van der Waals surface area (Å²) in [5.41, 5.74) is 4.21. The van der Waals surface area contributed by atoms with Gasteiger partial charge in [0.25, 0.3) is 0 Å². The van der Waals surface area contributed by atoms with Crippen molar-refractivity contribution in [1.29, 1.82) is 0 Å². The van der Waals surface area contributed by atoms with Crippen LogP contribution in [-0.4, -0.2) is 30.5 Å². The minimum atomic E-state index is -0.430. The fourth-order valence-electron chi connectivity index (χ4n) is 3.50. The monoisotopic (exact) mass is 378 g/mol. The van der Waals surface area contributed by atoms with Crippen LogP contribution < -0.4 is 4.90 Å². The number of carbonyl (C=O) groups excluding carboxylic acids is 2. The van der Waals surface area contributed by atoms with Crippen molar-refractivity contribution < 1.29 is 18.7 Å². The third-order valence-electron chi connectivity index (χ3n) is 5.17. The number of hydrogen-bond donors (Lipinski definition) is 0. The van der Waals surface area contributed by atoms with Crippen LogP contribution in [0.1, 0.15) is 31.7 Å². The van der Waals surface area contributed by atoms with Gasteiger partial charge in [-0.2, -0.15) is 0 Å². The zero-order chi connectivity index (χ0) is 19.8. The number of oxazole rings is 1. The van der Waals surface area contributed by atoms with E-state index in [2.05, 4.69) is 31.0 Å².